The molecule has 5 atom stereocenters. The van der Waals surface area contributed by atoms with E-state index < -0.39 is 6.30 Å². The fourth-order valence-corrected chi connectivity index (χ4v) is 3.27. The highest BCUT2D eigenvalue weighted by Crippen LogP contribution is 2.55. The predicted octanol–water partition coefficient (Wildman–Crippen LogP) is 1.46. The van der Waals surface area contributed by atoms with Gasteiger partial charge in [0, 0.05) is 6.54 Å². The minimum absolute atomic E-state index is 0.202. The number of aliphatic hydroxyl groups excluding tert-OH is 1. The van der Waals surface area contributed by atoms with E-state index in [1.54, 1.807) is 0 Å². The van der Waals surface area contributed by atoms with Gasteiger partial charge in [-0.3, -0.25) is 4.90 Å². The Hall–Kier alpha value is -0.410. The standard InChI is InChI=1S/C11H16FNO/c12-10-11(5-2-6-13(10)11)8-3-1-4-9(14)7-8/h2,5,8-10,14H,1,3-4,6-7H2/t8?,9-,10?,11+,13-/m1/s1. The van der Waals surface area contributed by atoms with Gasteiger partial charge in [0.25, 0.3) is 0 Å². The Bertz CT molecular complexity index is 280. The van der Waals surface area contributed by atoms with Crippen molar-refractivity contribution in [3.05, 3.63) is 12.2 Å². The van der Waals surface area contributed by atoms with Gasteiger partial charge in [0.1, 0.15) is 0 Å². The summed E-state index contributed by atoms with van der Waals surface area (Å²) in [4.78, 5) is 1.90. The van der Waals surface area contributed by atoms with E-state index in [9.17, 15) is 9.50 Å². The summed E-state index contributed by atoms with van der Waals surface area (Å²) < 4.78 is 13.6. The van der Waals surface area contributed by atoms with E-state index >= 15 is 0 Å². The summed E-state index contributed by atoms with van der Waals surface area (Å²) in [6, 6.07) is 0. The van der Waals surface area contributed by atoms with Crippen LogP contribution < -0.4 is 0 Å². The van der Waals surface area contributed by atoms with Gasteiger partial charge in [-0.25, -0.2) is 4.39 Å². The zero-order valence-electron chi connectivity index (χ0n) is 8.19. The smallest absolute Gasteiger partial charge is 0.177 e. The molecule has 2 unspecified atom stereocenters. The summed E-state index contributed by atoms with van der Waals surface area (Å²) in [5.74, 6) is 0.333. The molecule has 0 bridgehead atoms. The lowest BCUT2D eigenvalue weighted by molar-refractivity contribution is 0.0870. The molecule has 78 valence electrons. The molecule has 3 heteroatoms. The van der Waals surface area contributed by atoms with Gasteiger partial charge in [0.15, 0.2) is 6.30 Å². The molecule has 0 radical (unpaired) electrons. The van der Waals surface area contributed by atoms with Gasteiger partial charge in [-0.05, 0) is 25.2 Å². The van der Waals surface area contributed by atoms with Gasteiger partial charge in [-0.1, -0.05) is 18.6 Å². The third-order valence-corrected chi connectivity index (χ3v) is 4.07. The lowest BCUT2D eigenvalue weighted by atomic mass is 9.78. The first kappa shape index (κ1) is 8.86. The first-order valence-corrected chi connectivity index (χ1v) is 5.52. The highest BCUT2D eigenvalue weighted by molar-refractivity contribution is 5.32. The summed E-state index contributed by atoms with van der Waals surface area (Å²) in [5.41, 5.74) is -0.304. The molecular weight excluding hydrogens is 181 g/mol. The zero-order chi connectivity index (χ0) is 9.76. The van der Waals surface area contributed by atoms with E-state index in [0.29, 0.717) is 5.92 Å². The quantitative estimate of drug-likeness (QED) is 0.391. The monoisotopic (exact) mass is 197 g/mol. The maximum absolute atomic E-state index is 13.6. The molecule has 0 aromatic heterocycles. The van der Waals surface area contributed by atoms with Crippen LogP contribution >= 0.6 is 0 Å². The van der Waals surface area contributed by atoms with E-state index in [1.807, 2.05) is 11.0 Å². The highest BCUT2D eigenvalue weighted by atomic mass is 19.1. The summed E-state index contributed by atoms with van der Waals surface area (Å²) in [6.45, 7) is 0.758. The highest BCUT2D eigenvalue weighted by Gasteiger charge is 2.67. The minimum atomic E-state index is -0.775. The van der Waals surface area contributed by atoms with E-state index in [4.69, 9.17) is 0 Å². The van der Waals surface area contributed by atoms with Gasteiger partial charge < -0.3 is 5.11 Å². The Morgan fingerprint density at radius 3 is 2.93 bits per heavy atom. The van der Waals surface area contributed by atoms with Crippen LogP contribution in [0.15, 0.2) is 12.2 Å². The lowest BCUT2D eigenvalue weighted by Gasteiger charge is -2.30. The number of alkyl halides is 1. The predicted molar refractivity (Wildman–Crippen MR) is 51.4 cm³/mol. The third kappa shape index (κ3) is 0.971. The van der Waals surface area contributed by atoms with E-state index in [2.05, 4.69) is 6.08 Å². The molecule has 1 saturated heterocycles. The van der Waals surface area contributed by atoms with Crippen molar-refractivity contribution in [2.45, 2.75) is 43.6 Å². The number of fused-ring (bicyclic) bond motifs is 1. The number of hydrogen-bond acceptors (Lipinski definition) is 2. The number of hydrogen-bond donors (Lipinski definition) is 1. The van der Waals surface area contributed by atoms with Gasteiger partial charge in [0.2, 0.25) is 0 Å². The molecule has 0 spiro atoms. The number of rotatable bonds is 1. The Labute approximate surface area is 83.4 Å². The number of aliphatic hydroxyl groups is 1. The molecule has 1 aliphatic carbocycles. The van der Waals surface area contributed by atoms with Crippen molar-refractivity contribution in [1.82, 2.24) is 4.90 Å². The normalized spacial score (nSPS) is 55.9. The molecule has 3 aliphatic rings. The molecule has 3 rings (SSSR count). The van der Waals surface area contributed by atoms with Crippen molar-refractivity contribution in [1.29, 1.82) is 0 Å². The van der Waals surface area contributed by atoms with Crippen molar-refractivity contribution in [3.8, 4) is 0 Å². The molecule has 2 heterocycles. The van der Waals surface area contributed by atoms with Crippen LogP contribution in [0.3, 0.4) is 0 Å². The van der Waals surface area contributed by atoms with Gasteiger partial charge in [-0.2, -0.15) is 0 Å². The second-order valence-corrected chi connectivity index (χ2v) is 4.80. The first-order valence-electron chi connectivity index (χ1n) is 5.52. The van der Waals surface area contributed by atoms with Crippen LogP contribution in [0.25, 0.3) is 0 Å². The Morgan fingerprint density at radius 1 is 1.43 bits per heavy atom. The topological polar surface area (TPSA) is 23.2 Å². The molecule has 2 aliphatic heterocycles. The number of nitrogens with zero attached hydrogens (tertiary/aromatic N) is 1. The molecule has 2 nitrogen and oxygen atoms in total. The fourth-order valence-electron chi connectivity index (χ4n) is 3.27. The largest absolute Gasteiger partial charge is 0.393 e. The lowest BCUT2D eigenvalue weighted by Crippen LogP contribution is -2.32. The maximum atomic E-state index is 13.6. The van der Waals surface area contributed by atoms with Crippen LogP contribution in [-0.4, -0.2) is 34.5 Å². The summed E-state index contributed by atoms with van der Waals surface area (Å²) in [5, 5.41) is 9.59. The average Bonchev–Trinajstić information content (AvgIpc) is 2.62. The SMILES string of the molecule is O[C@@H]1CCCC([C@]23C=CC[N@]2C3F)C1. The third-order valence-electron chi connectivity index (χ3n) is 4.07. The molecule has 2 fully saturated rings. The van der Waals surface area contributed by atoms with Crippen LogP contribution in [-0.2, 0) is 0 Å². The fraction of sp³-hybridized carbons (Fsp3) is 0.818. The van der Waals surface area contributed by atoms with E-state index in [-0.39, 0.29) is 11.6 Å². The van der Waals surface area contributed by atoms with Crippen LogP contribution in [0.5, 0.6) is 0 Å². The van der Waals surface area contributed by atoms with Gasteiger partial charge >= 0.3 is 0 Å². The Balaban J connectivity index is 1.79. The second kappa shape index (κ2) is 2.80. The summed E-state index contributed by atoms with van der Waals surface area (Å²) in [7, 11) is 0. The van der Waals surface area contributed by atoms with Crippen molar-refractivity contribution < 1.29 is 9.50 Å². The maximum Gasteiger partial charge on any atom is 0.177 e. The van der Waals surface area contributed by atoms with Crippen LogP contribution in [0.4, 0.5) is 4.39 Å². The second-order valence-electron chi connectivity index (χ2n) is 4.80. The van der Waals surface area contributed by atoms with Crippen molar-refractivity contribution in [2.75, 3.05) is 6.54 Å². The number of halogens is 1. The molecule has 0 aromatic carbocycles. The Morgan fingerprint density at radius 2 is 2.29 bits per heavy atom. The van der Waals surface area contributed by atoms with E-state index in [0.717, 1.165) is 32.2 Å². The first-order chi connectivity index (χ1) is 6.75. The molecule has 14 heavy (non-hydrogen) atoms. The zero-order valence-corrected chi connectivity index (χ0v) is 8.19. The van der Waals surface area contributed by atoms with Crippen LogP contribution in [0, 0.1) is 5.92 Å². The van der Waals surface area contributed by atoms with E-state index in [1.165, 1.54) is 0 Å². The van der Waals surface area contributed by atoms with Crippen molar-refractivity contribution >= 4 is 0 Å². The molecule has 1 N–H and O–H groups in total. The summed E-state index contributed by atoms with van der Waals surface area (Å²) in [6.07, 6.45) is 6.89. The van der Waals surface area contributed by atoms with Gasteiger partial charge in [-0.15, -0.1) is 0 Å². The Kier molecular flexibility index (Phi) is 1.77. The van der Waals surface area contributed by atoms with Crippen LogP contribution in [0.1, 0.15) is 25.7 Å². The molecular formula is C11H16FNO. The molecule has 1 saturated carbocycles. The average molecular weight is 197 g/mol. The van der Waals surface area contributed by atoms with Crippen molar-refractivity contribution in [3.63, 3.8) is 0 Å². The molecule has 0 amide bonds. The van der Waals surface area contributed by atoms with Crippen LogP contribution in [0.2, 0.25) is 0 Å². The summed E-state index contributed by atoms with van der Waals surface area (Å²) >= 11 is 0. The van der Waals surface area contributed by atoms with Crippen molar-refractivity contribution in [2.24, 2.45) is 5.92 Å². The minimum Gasteiger partial charge on any atom is -0.393 e. The van der Waals surface area contributed by atoms with Gasteiger partial charge in [0.05, 0.1) is 11.6 Å². The molecule has 0 aromatic rings.